The fourth-order valence-electron chi connectivity index (χ4n) is 8.13. The highest BCUT2D eigenvalue weighted by atomic mass is 32.2. The highest BCUT2D eigenvalue weighted by Gasteiger charge is 2.40. The third kappa shape index (κ3) is 22.0. The minimum Gasteiger partial charge on any atom is -0.481 e. The van der Waals surface area contributed by atoms with Crippen molar-refractivity contribution >= 4 is 27.9 Å². The van der Waals surface area contributed by atoms with Gasteiger partial charge in [-0.25, -0.2) is 4.58 Å². The molecular weight excluding hydrogens is 965 g/mol. The zero-order valence-corrected chi connectivity index (χ0v) is 45.2. The molecule has 2 aliphatic heterocycles. The van der Waals surface area contributed by atoms with Gasteiger partial charge in [-0.1, -0.05) is 47.1 Å². The Morgan fingerprint density at radius 1 is 0.685 bits per heavy atom. The van der Waals surface area contributed by atoms with Gasteiger partial charge in [-0.15, -0.1) is 0 Å². The Kier molecular flexibility index (Phi) is 27.8. The lowest BCUT2D eigenvalue weighted by atomic mass is 9.82. The number of nitrogens with zero attached hydrogens (tertiary/aromatic N) is 2. The van der Waals surface area contributed by atoms with Crippen LogP contribution in [0.2, 0.25) is 0 Å². The monoisotopic (exact) mass is 1050 g/mol. The van der Waals surface area contributed by atoms with Crippen LogP contribution >= 0.6 is 0 Å². The fourth-order valence-corrected chi connectivity index (χ4v) is 8.64. The second kappa shape index (κ2) is 33.1. The van der Waals surface area contributed by atoms with Gasteiger partial charge in [0.15, 0.2) is 13.1 Å². The highest BCUT2D eigenvalue weighted by Crippen LogP contribution is 2.48. The van der Waals surface area contributed by atoms with Crippen LogP contribution in [0.25, 0.3) is 17.4 Å². The van der Waals surface area contributed by atoms with E-state index in [-0.39, 0.29) is 16.7 Å². The van der Waals surface area contributed by atoms with Gasteiger partial charge in [0.05, 0.1) is 117 Å². The molecule has 19 heteroatoms. The maximum absolute atomic E-state index is 12.2. The topological polar surface area (TPSA) is 203 Å². The summed E-state index contributed by atoms with van der Waals surface area (Å²) in [6, 6.07) is 13.0. The number of allylic oxidation sites excluding steroid dienone is 3. The molecule has 0 unspecified atom stereocenters. The van der Waals surface area contributed by atoms with E-state index in [9.17, 15) is 22.9 Å². The summed E-state index contributed by atoms with van der Waals surface area (Å²) >= 11 is 0. The van der Waals surface area contributed by atoms with E-state index in [1.165, 1.54) is 12.1 Å². The molecule has 0 fully saturated rings. The van der Waals surface area contributed by atoms with E-state index < -0.39 is 21.5 Å². The molecule has 0 saturated heterocycles. The van der Waals surface area contributed by atoms with E-state index in [1.807, 2.05) is 32.1 Å². The molecule has 4 rings (SSSR count). The minimum absolute atomic E-state index is 0.0995. The van der Waals surface area contributed by atoms with Gasteiger partial charge in [0.25, 0.3) is 10.1 Å². The van der Waals surface area contributed by atoms with Crippen molar-refractivity contribution in [3.63, 3.8) is 0 Å². The Morgan fingerprint density at radius 2 is 1.19 bits per heavy atom. The van der Waals surface area contributed by atoms with Crippen molar-refractivity contribution in [1.29, 1.82) is 0 Å². The normalized spacial score (nSPS) is 14.3. The number of carboxylic acids is 1. The standard InChI is InChI=1S/C54H82N2O16S/c1-53(2,3)47-41-44(12-11-13-51-54(4,5)48-42-45(73(59,60)61)16-18-49(48)56(51)19-10-8-9-14-52(57)58)72-50-40-43(15-17-46(47)50)55(20-22-64-28-30-68-36-38-70-34-32-66-26-24-62-6)21-23-65-29-31-69-37-39-71-35-33-67-27-25-63-7/h11-13,15-18,40-42H,8-10,14,19-39H2,1-7H3,(H-,57,58,59,60,61)/p+1. The predicted octanol–water partition coefficient (Wildman–Crippen LogP) is 6.47. The van der Waals surface area contributed by atoms with Crippen LogP contribution in [0.4, 0.5) is 5.69 Å². The van der Waals surface area contributed by atoms with E-state index in [2.05, 4.69) is 54.5 Å². The van der Waals surface area contributed by atoms with Crippen molar-refractivity contribution in [3.05, 3.63) is 82.6 Å². The van der Waals surface area contributed by atoms with Gasteiger partial charge in [-0.2, -0.15) is 8.42 Å². The van der Waals surface area contributed by atoms with Crippen molar-refractivity contribution in [1.82, 2.24) is 4.58 Å². The van der Waals surface area contributed by atoms with Gasteiger partial charge in [0.2, 0.25) is 5.36 Å². The Morgan fingerprint density at radius 3 is 1.67 bits per heavy atom. The lowest BCUT2D eigenvalue weighted by Gasteiger charge is -2.27. The summed E-state index contributed by atoms with van der Waals surface area (Å²) in [6.45, 7) is 21.0. The van der Waals surface area contributed by atoms with Gasteiger partial charge in [0, 0.05) is 55.6 Å². The molecule has 0 atom stereocenters. The number of hydrogen-bond donors (Lipinski definition) is 2. The Labute approximate surface area is 433 Å². The maximum Gasteiger partial charge on any atom is 0.303 e. The Bertz CT molecular complexity index is 2250. The van der Waals surface area contributed by atoms with Crippen LogP contribution in [-0.2, 0) is 73.1 Å². The molecule has 73 heavy (non-hydrogen) atoms. The number of carbonyl (C=O) groups is 1. The molecule has 0 aromatic heterocycles. The number of fused-ring (bicyclic) bond motifs is 2. The number of methoxy groups -OCH3 is 2. The summed E-state index contributed by atoms with van der Waals surface area (Å²) in [5, 5.41) is 10.1. The largest absolute Gasteiger partial charge is 0.481 e. The van der Waals surface area contributed by atoms with Crippen molar-refractivity contribution in [2.75, 3.05) is 158 Å². The summed E-state index contributed by atoms with van der Waals surface area (Å²) < 4.78 is 98.6. The quantitative estimate of drug-likeness (QED) is 0.0357. The number of benzene rings is 2. The molecule has 0 spiro atoms. The molecule has 0 saturated carbocycles. The van der Waals surface area contributed by atoms with Gasteiger partial charge in [0.1, 0.15) is 24.7 Å². The third-order valence-corrected chi connectivity index (χ3v) is 12.8. The van der Waals surface area contributed by atoms with E-state index in [0.717, 1.165) is 39.9 Å². The first-order chi connectivity index (χ1) is 35.1. The van der Waals surface area contributed by atoms with E-state index in [1.54, 1.807) is 20.3 Å². The molecule has 1 aliphatic carbocycles. The smallest absolute Gasteiger partial charge is 0.303 e. The van der Waals surface area contributed by atoms with Crippen LogP contribution in [0.5, 0.6) is 0 Å². The molecule has 0 bridgehead atoms. The zero-order chi connectivity index (χ0) is 53.0. The van der Waals surface area contributed by atoms with Gasteiger partial charge in [-0.3, -0.25) is 9.35 Å². The minimum atomic E-state index is -4.43. The molecular formula is C54H83N2O16S+. The van der Waals surface area contributed by atoms with Crippen LogP contribution in [-0.4, -0.2) is 177 Å². The number of anilines is 1. The molecule has 1 aromatic rings. The second-order valence-corrected chi connectivity index (χ2v) is 20.3. The summed E-state index contributed by atoms with van der Waals surface area (Å²) in [5.74, 6) is 0.537. The number of unbranched alkanes of at least 4 members (excludes halogenated alkanes) is 2. The molecule has 18 nitrogen and oxygen atoms in total. The third-order valence-electron chi connectivity index (χ3n) is 12.0. The van der Waals surface area contributed by atoms with Crippen LogP contribution in [0.15, 0.2) is 69.6 Å². The van der Waals surface area contributed by atoms with E-state index in [0.29, 0.717) is 163 Å². The number of ether oxygens (including phenoxy) is 10. The zero-order valence-electron chi connectivity index (χ0n) is 44.4. The maximum atomic E-state index is 12.2. The fraction of sp³-hybridized carbons (Fsp3) is 0.630. The van der Waals surface area contributed by atoms with Crippen molar-refractivity contribution < 1.29 is 74.7 Å². The molecule has 1 aromatic carbocycles. The number of carboxylic acid groups (broad SMARTS) is 1. The lowest BCUT2D eigenvalue weighted by molar-refractivity contribution is -0.137. The molecule has 2 N–H and O–H groups in total. The van der Waals surface area contributed by atoms with Crippen LogP contribution in [0, 0.1) is 0 Å². The number of hydrogen-bond acceptors (Lipinski definition) is 15. The number of rotatable bonds is 39. The van der Waals surface area contributed by atoms with Crippen molar-refractivity contribution in [3.8, 4) is 11.3 Å². The Hall–Kier alpha value is -4.09. The molecule has 2 heterocycles. The van der Waals surface area contributed by atoms with Crippen molar-refractivity contribution in [2.24, 2.45) is 0 Å². The lowest BCUT2D eigenvalue weighted by Crippen LogP contribution is -2.36. The van der Waals surface area contributed by atoms with Crippen molar-refractivity contribution in [2.45, 2.75) is 76.0 Å². The van der Waals surface area contributed by atoms with E-state index >= 15 is 0 Å². The van der Waals surface area contributed by atoms with Crippen LogP contribution in [0.3, 0.4) is 0 Å². The van der Waals surface area contributed by atoms with Gasteiger partial charge < -0.3 is 61.8 Å². The first-order valence-corrected chi connectivity index (χ1v) is 26.8. The summed E-state index contributed by atoms with van der Waals surface area (Å²) in [4.78, 5) is 13.2. The SMILES string of the molecule is COCCOCCOCCOCCOCC[N+](CCOCCOCCOCCOCCOC)=c1ccc2c(C(C)(C)C)cc(/C=C/C=C3/N(CCCCCC(=O)O)c4ccc(S(=O)(=O)O)cc4C3(C)C)oc-2c1. The summed E-state index contributed by atoms with van der Waals surface area (Å²) in [7, 11) is -1.15. The highest BCUT2D eigenvalue weighted by molar-refractivity contribution is 7.85. The predicted molar refractivity (Wildman–Crippen MR) is 279 cm³/mol. The van der Waals surface area contributed by atoms with Crippen LogP contribution < -0.4 is 14.8 Å². The summed E-state index contributed by atoms with van der Waals surface area (Å²) in [6.07, 6.45) is 7.99. The molecule has 0 amide bonds. The number of aliphatic carboxylic acids is 1. The molecule has 3 aliphatic rings. The molecule has 0 radical (unpaired) electrons. The molecule has 410 valence electrons. The second-order valence-electron chi connectivity index (χ2n) is 18.9. The Balaban J connectivity index is 1.52. The van der Waals surface area contributed by atoms with Crippen LogP contribution in [0.1, 0.15) is 77.2 Å². The average Bonchev–Trinajstić information content (AvgIpc) is 3.55. The van der Waals surface area contributed by atoms with E-state index in [4.69, 9.17) is 51.8 Å². The summed E-state index contributed by atoms with van der Waals surface area (Å²) in [5.41, 5.74) is 3.78. The first kappa shape index (κ1) is 61.5. The van der Waals surface area contributed by atoms with Gasteiger partial charge >= 0.3 is 5.97 Å². The van der Waals surface area contributed by atoms with Gasteiger partial charge in [-0.05, 0) is 71.9 Å². The first-order valence-electron chi connectivity index (χ1n) is 25.3. The average molecular weight is 1050 g/mol.